The summed E-state index contributed by atoms with van der Waals surface area (Å²) < 4.78 is 39.0. The van der Waals surface area contributed by atoms with E-state index in [0.29, 0.717) is 5.69 Å². The Morgan fingerprint density at radius 3 is 2.21 bits per heavy atom. The molecule has 2 rings (SSSR count). The van der Waals surface area contributed by atoms with Crippen LogP contribution in [0.2, 0.25) is 0 Å². The molecule has 0 saturated carbocycles. The molecule has 0 saturated heterocycles. The van der Waals surface area contributed by atoms with Crippen molar-refractivity contribution in [1.82, 2.24) is 10.2 Å². The lowest BCUT2D eigenvalue weighted by atomic mass is 10.1. The molecule has 0 spiro atoms. The summed E-state index contributed by atoms with van der Waals surface area (Å²) in [6, 6.07) is 13.9. The van der Waals surface area contributed by atoms with E-state index in [-0.39, 0.29) is 43.8 Å². The maximum Gasteiger partial charge on any atom is 0.242 e. The number of hydrogen-bond donors (Lipinski definition) is 1. The van der Waals surface area contributed by atoms with Gasteiger partial charge in [0.2, 0.25) is 21.8 Å². The molecule has 0 aliphatic heterocycles. The fourth-order valence-electron chi connectivity index (χ4n) is 3.44. The number of rotatable bonds is 12. The summed E-state index contributed by atoms with van der Waals surface area (Å²) in [5.74, 6) is -0.945. The highest BCUT2D eigenvalue weighted by atomic mass is 32.2. The van der Waals surface area contributed by atoms with Crippen molar-refractivity contribution in [3.8, 4) is 0 Å². The Labute approximate surface area is 202 Å². The van der Waals surface area contributed by atoms with Gasteiger partial charge in [-0.05, 0) is 56.5 Å². The highest BCUT2D eigenvalue weighted by Crippen LogP contribution is 2.19. The fraction of sp³-hybridized carbons (Fsp3) is 0.440. The summed E-state index contributed by atoms with van der Waals surface area (Å²) in [6.45, 7) is 5.89. The first-order chi connectivity index (χ1) is 16.0. The second-order valence-electron chi connectivity index (χ2n) is 8.42. The second kappa shape index (κ2) is 12.5. The monoisotopic (exact) mass is 491 g/mol. The van der Waals surface area contributed by atoms with Gasteiger partial charge in [-0.2, -0.15) is 0 Å². The largest absolute Gasteiger partial charge is 0.352 e. The van der Waals surface area contributed by atoms with Crippen LogP contribution >= 0.6 is 0 Å². The van der Waals surface area contributed by atoms with Gasteiger partial charge >= 0.3 is 0 Å². The van der Waals surface area contributed by atoms with Crippen molar-refractivity contribution < 1.29 is 22.4 Å². The molecule has 0 aliphatic carbocycles. The molecule has 34 heavy (non-hydrogen) atoms. The lowest BCUT2D eigenvalue weighted by molar-refractivity contribution is -0.140. The van der Waals surface area contributed by atoms with Crippen molar-refractivity contribution in [3.05, 3.63) is 66.0 Å². The summed E-state index contributed by atoms with van der Waals surface area (Å²) in [5.41, 5.74) is 1.22. The van der Waals surface area contributed by atoms with E-state index >= 15 is 0 Å². The molecule has 0 aliphatic rings. The van der Waals surface area contributed by atoms with Crippen LogP contribution in [0.4, 0.5) is 10.1 Å². The van der Waals surface area contributed by atoms with E-state index in [1.807, 2.05) is 44.2 Å². The van der Waals surface area contributed by atoms with Gasteiger partial charge in [0.05, 0.1) is 11.9 Å². The van der Waals surface area contributed by atoms with E-state index in [0.717, 1.165) is 22.5 Å². The highest BCUT2D eigenvalue weighted by molar-refractivity contribution is 7.92. The van der Waals surface area contributed by atoms with Gasteiger partial charge in [-0.1, -0.05) is 37.3 Å². The molecule has 9 heteroatoms. The average molecular weight is 492 g/mol. The number of hydrogen-bond acceptors (Lipinski definition) is 4. The molecular weight excluding hydrogens is 457 g/mol. The van der Waals surface area contributed by atoms with E-state index < -0.39 is 21.9 Å². The van der Waals surface area contributed by atoms with E-state index in [1.165, 1.54) is 29.2 Å². The van der Waals surface area contributed by atoms with Crippen molar-refractivity contribution >= 4 is 27.5 Å². The summed E-state index contributed by atoms with van der Waals surface area (Å²) in [4.78, 5) is 27.5. The van der Waals surface area contributed by atoms with Crippen molar-refractivity contribution in [3.63, 3.8) is 0 Å². The van der Waals surface area contributed by atoms with Crippen LogP contribution in [0, 0.1) is 5.82 Å². The smallest absolute Gasteiger partial charge is 0.242 e. The van der Waals surface area contributed by atoms with Crippen molar-refractivity contribution in [2.24, 2.45) is 0 Å². The van der Waals surface area contributed by atoms with Gasteiger partial charge in [0, 0.05) is 25.6 Å². The number of halogens is 1. The Morgan fingerprint density at radius 1 is 1.03 bits per heavy atom. The van der Waals surface area contributed by atoms with E-state index in [4.69, 9.17) is 0 Å². The van der Waals surface area contributed by atoms with Crippen molar-refractivity contribution in [1.29, 1.82) is 0 Å². The maximum absolute atomic E-state index is 13.3. The number of carbonyl (C=O) groups excluding carboxylic acids is 2. The molecule has 0 aromatic heterocycles. The molecule has 186 valence electrons. The van der Waals surface area contributed by atoms with Gasteiger partial charge in [-0.3, -0.25) is 13.9 Å². The van der Waals surface area contributed by atoms with Crippen LogP contribution in [0.3, 0.4) is 0 Å². The number of sulfonamides is 1. The predicted molar refractivity (Wildman–Crippen MR) is 132 cm³/mol. The van der Waals surface area contributed by atoms with Crippen molar-refractivity contribution in [2.75, 3.05) is 17.1 Å². The zero-order valence-electron chi connectivity index (χ0n) is 20.2. The molecule has 2 aromatic carbocycles. The van der Waals surface area contributed by atoms with Crippen molar-refractivity contribution in [2.45, 2.75) is 58.7 Å². The molecule has 0 heterocycles. The molecule has 1 N–H and O–H groups in total. The quantitative estimate of drug-likeness (QED) is 0.491. The lowest BCUT2D eigenvalue weighted by Gasteiger charge is -2.30. The summed E-state index contributed by atoms with van der Waals surface area (Å²) in [6.07, 6.45) is 2.15. The molecule has 0 fully saturated rings. The molecule has 2 amide bonds. The standard InChI is InChI=1S/C25H34FN3O4S/c1-5-19(2)27-25(31)20(3)28(18-21-10-7-6-8-11-21)24(30)12-9-17-29(34(4,32)33)23-15-13-22(26)14-16-23/h6-8,10-11,13-16,19-20H,5,9,12,17-18H2,1-4H3,(H,27,31)/t19-,20+/m0/s1. The Bertz CT molecular complexity index is 1050. The van der Waals surface area contributed by atoms with Gasteiger partial charge < -0.3 is 10.2 Å². The van der Waals surface area contributed by atoms with E-state index in [1.54, 1.807) is 6.92 Å². The number of anilines is 1. The third-order valence-electron chi connectivity index (χ3n) is 5.63. The van der Waals surface area contributed by atoms with Crippen LogP contribution in [-0.4, -0.2) is 50.0 Å². The minimum absolute atomic E-state index is 0.0114. The third kappa shape index (κ3) is 8.13. The Kier molecular flexibility index (Phi) is 10.0. The van der Waals surface area contributed by atoms with Crippen LogP contribution in [0.25, 0.3) is 0 Å². The SMILES string of the molecule is CC[C@H](C)NC(=O)[C@@H](C)N(Cc1ccccc1)C(=O)CCCN(c1ccc(F)cc1)S(C)(=O)=O. The van der Waals surface area contributed by atoms with E-state index in [2.05, 4.69) is 5.32 Å². The van der Waals surface area contributed by atoms with Crippen LogP contribution < -0.4 is 9.62 Å². The molecule has 0 unspecified atom stereocenters. The lowest BCUT2D eigenvalue weighted by Crippen LogP contribution is -2.49. The zero-order chi connectivity index (χ0) is 25.3. The topological polar surface area (TPSA) is 86.8 Å². The first-order valence-corrected chi connectivity index (χ1v) is 13.2. The summed E-state index contributed by atoms with van der Waals surface area (Å²) >= 11 is 0. The van der Waals surface area contributed by atoms with Crippen LogP contribution in [-0.2, 0) is 26.2 Å². The molecule has 2 aromatic rings. The minimum Gasteiger partial charge on any atom is -0.352 e. The van der Waals surface area contributed by atoms with E-state index in [9.17, 15) is 22.4 Å². The van der Waals surface area contributed by atoms with Gasteiger partial charge in [-0.25, -0.2) is 12.8 Å². The minimum atomic E-state index is -3.62. The highest BCUT2D eigenvalue weighted by Gasteiger charge is 2.27. The molecule has 0 radical (unpaired) electrons. The average Bonchev–Trinajstić information content (AvgIpc) is 2.80. The molecule has 7 nitrogen and oxygen atoms in total. The molecule has 2 atom stereocenters. The zero-order valence-corrected chi connectivity index (χ0v) is 21.0. The molecular formula is C25H34FN3O4S. The van der Waals surface area contributed by atoms with Gasteiger partial charge in [0.25, 0.3) is 0 Å². The Balaban J connectivity index is 2.13. The third-order valence-corrected chi connectivity index (χ3v) is 6.82. The van der Waals surface area contributed by atoms with Crippen LogP contribution in [0.15, 0.2) is 54.6 Å². The number of benzene rings is 2. The number of nitrogens with zero attached hydrogens (tertiary/aromatic N) is 2. The van der Waals surface area contributed by atoms with Gasteiger partial charge in [0.1, 0.15) is 11.9 Å². The van der Waals surface area contributed by atoms with Crippen LogP contribution in [0.1, 0.15) is 45.6 Å². The number of amides is 2. The number of carbonyl (C=O) groups is 2. The molecule has 0 bridgehead atoms. The van der Waals surface area contributed by atoms with Crippen LogP contribution in [0.5, 0.6) is 0 Å². The Hall–Kier alpha value is -2.94. The van der Waals surface area contributed by atoms with Gasteiger partial charge in [0.15, 0.2) is 0 Å². The Morgan fingerprint density at radius 2 is 1.65 bits per heavy atom. The fourth-order valence-corrected chi connectivity index (χ4v) is 4.40. The normalized spacial score (nSPS) is 13.1. The first-order valence-electron chi connectivity index (χ1n) is 11.4. The number of nitrogens with one attached hydrogen (secondary N) is 1. The summed E-state index contributed by atoms with van der Waals surface area (Å²) in [7, 11) is -3.62. The summed E-state index contributed by atoms with van der Waals surface area (Å²) in [5, 5.41) is 2.92. The first kappa shape index (κ1) is 27.3. The predicted octanol–water partition coefficient (Wildman–Crippen LogP) is 3.70. The van der Waals surface area contributed by atoms with Gasteiger partial charge in [-0.15, -0.1) is 0 Å². The second-order valence-corrected chi connectivity index (χ2v) is 10.3. The maximum atomic E-state index is 13.3.